The minimum absolute atomic E-state index is 0.0476. The Balaban J connectivity index is 1.65. The van der Waals surface area contributed by atoms with Crippen LogP contribution in [-0.2, 0) is 5.54 Å². The van der Waals surface area contributed by atoms with Crippen LogP contribution < -0.4 is 5.32 Å². The fourth-order valence-corrected chi connectivity index (χ4v) is 2.97. The molecule has 1 amide bonds. The van der Waals surface area contributed by atoms with E-state index in [4.69, 9.17) is 0 Å². The first-order valence-corrected chi connectivity index (χ1v) is 7.67. The number of thiazole rings is 1. The van der Waals surface area contributed by atoms with E-state index in [1.807, 2.05) is 23.2 Å². The number of carbonyl (C=O) groups is 1. The van der Waals surface area contributed by atoms with Gasteiger partial charge in [-0.2, -0.15) is 5.10 Å². The molecule has 0 atom stereocenters. The molecule has 0 spiro atoms. The predicted molar refractivity (Wildman–Crippen MR) is 76.3 cm³/mol. The van der Waals surface area contributed by atoms with Crippen LogP contribution in [0.4, 0.5) is 0 Å². The topological polar surface area (TPSA) is 59.8 Å². The van der Waals surface area contributed by atoms with Crippen molar-refractivity contribution in [2.24, 2.45) is 0 Å². The fourth-order valence-electron chi connectivity index (χ4n) is 1.97. The molecule has 1 saturated carbocycles. The van der Waals surface area contributed by atoms with Crippen LogP contribution in [-0.4, -0.2) is 27.2 Å². The smallest absolute Gasteiger partial charge is 0.280 e. The maximum atomic E-state index is 12.0. The highest BCUT2D eigenvalue weighted by atomic mass is 79.9. The summed E-state index contributed by atoms with van der Waals surface area (Å²) in [6, 6.07) is 0. The van der Waals surface area contributed by atoms with E-state index in [0.29, 0.717) is 11.6 Å². The fraction of sp³-hybridized carbons (Fsp3) is 0.417. The normalized spacial score (nSPS) is 16.3. The van der Waals surface area contributed by atoms with Gasteiger partial charge in [-0.05, 0) is 35.7 Å². The lowest BCUT2D eigenvalue weighted by Gasteiger charge is -2.16. The number of hydrogen-bond acceptors (Lipinski definition) is 4. The summed E-state index contributed by atoms with van der Waals surface area (Å²) in [5.74, 6) is -0.101. The molecule has 0 radical (unpaired) electrons. The van der Waals surface area contributed by atoms with Crippen molar-refractivity contribution in [3.05, 3.63) is 32.9 Å². The summed E-state index contributed by atoms with van der Waals surface area (Å²) in [6.07, 6.45) is 5.80. The van der Waals surface area contributed by atoms with Crippen molar-refractivity contribution in [3.63, 3.8) is 0 Å². The monoisotopic (exact) mass is 340 g/mol. The molecule has 0 bridgehead atoms. The van der Waals surface area contributed by atoms with Crippen LogP contribution in [0.1, 0.15) is 28.3 Å². The maximum Gasteiger partial charge on any atom is 0.280 e. The molecular formula is C12H13BrN4OS. The lowest BCUT2D eigenvalue weighted by Crippen LogP contribution is -2.35. The molecule has 7 heteroatoms. The Labute approximate surface area is 123 Å². The number of hydrogen-bond donors (Lipinski definition) is 1. The van der Waals surface area contributed by atoms with Crippen LogP contribution in [0.5, 0.6) is 0 Å². The van der Waals surface area contributed by atoms with Gasteiger partial charge in [-0.25, -0.2) is 4.98 Å². The van der Waals surface area contributed by atoms with E-state index in [0.717, 1.165) is 23.0 Å². The molecule has 1 aliphatic carbocycles. The zero-order chi connectivity index (χ0) is 13.5. The Morgan fingerprint density at radius 1 is 1.63 bits per heavy atom. The molecule has 100 valence electrons. The summed E-state index contributed by atoms with van der Waals surface area (Å²) in [4.78, 5) is 16.2. The quantitative estimate of drug-likeness (QED) is 0.929. The Kier molecular flexibility index (Phi) is 3.18. The summed E-state index contributed by atoms with van der Waals surface area (Å²) in [5.41, 5.74) is 0.834. The Bertz CT molecular complexity index is 617. The molecule has 2 aromatic rings. The van der Waals surface area contributed by atoms with E-state index in [1.165, 1.54) is 11.3 Å². The molecule has 2 aromatic heterocycles. The molecule has 1 N–H and O–H groups in total. The third kappa shape index (κ3) is 2.57. The predicted octanol–water partition coefficient (Wildman–Crippen LogP) is 2.33. The van der Waals surface area contributed by atoms with Crippen molar-refractivity contribution >= 4 is 33.2 Å². The largest absolute Gasteiger partial charge is 0.348 e. The molecule has 3 rings (SSSR count). The van der Waals surface area contributed by atoms with Gasteiger partial charge >= 0.3 is 0 Å². The molecule has 0 aliphatic heterocycles. The van der Waals surface area contributed by atoms with E-state index in [2.05, 4.69) is 31.3 Å². The van der Waals surface area contributed by atoms with E-state index in [9.17, 15) is 4.79 Å². The summed E-state index contributed by atoms with van der Waals surface area (Å²) >= 11 is 4.77. The average Bonchev–Trinajstić information content (AvgIpc) is 2.84. The second-order valence-electron chi connectivity index (χ2n) is 4.80. The third-order valence-electron chi connectivity index (χ3n) is 3.26. The number of nitrogens with one attached hydrogen (secondary N) is 1. The molecule has 0 aromatic carbocycles. The van der Waals surface area contributed by atoms with Gasteiger partial charge in [0, 0.05) is 23.8 Å². The lowest BCUT2D eigenvalue weighted by atomic mass is 10.3. The molecule has 5 nitrogen and oxygen atoms in total. The first-order valence-electron chi connectivity index (χ1n) is 6.00. The highest BCUT2D eigenvalue weighted by Crippen LogP contribution is 2.42. The van der Waals surface area contributed by atoms with Crippen molar-refractivity contribution in [3.8, 4) is 0 Å². The van der Waals surface area contributed by atoms with Crippen LogP contribution in [0, 0.1) is 6.92 Å². The van der Waals surface area contributed by atoms with Crippen molar-refractivity contribution in [2.45, 2.75) is 25.3 Å². The minimum Gasteiger partial charge on any atom is -0.348 e. The van der Waals surface area contributed by atoms with E-state index in [1.54, 1.807) is 6.20 Å². The molecular weight excluding hydrogens is 328 g/mol. The van der Waals surface area contributed by atoms with Crippen LogP contribution >= 0.6 is 27.3 Å². The van der Waals surface area contributed by atoms with Crippen molar-refractivity contribution in [2.75, 3.05) is 6.54 Å². The second kappa shape index (κ2) is 4.72. The zero-order valence-corrected chi connectivity index (χ0v) is 12.8. The van der Waals surface area contributed by atoms with Gasteiger partial charge in [0.2, 0.25) is 0 Å². The Morgan fingerprint density at radius 2 is 2.42 bits per heavy atom. The van der Waals surface area contributed by atoms with Crippen LogP contribution in [0.2, 0.25) is 0 Å². The van der Waals surface area contributed by atoms with Gasteiger partial charge in [-0.3, -0.25) is 9.48 Å². The number of halogens is 1. The summed E-state index contributed by atoms with van der Waals surface area (Å²) in [6.45, 7) is 2.48. The standard InChI is InChI=1S/C12H13BrN4OS/c1-8-6-19-11(16-8)10(18)14-7-12(2-3-12)17-5-9(13)4-15-17/h4-6H,2-3,7H2,1H3,(H,14,18). The van der Waals surface area contributed by atoms with Crippen molar-refractivity contribution in [1.29, 1.82) is 0 Å². The van der Waals surface area contributed by atoms with Crippen molar-refractivity contribution in [1.82, 2.24) is 20.1 Å². The molecule has 0 unspecified atom stereocenters. The van der Waals surface area contributed by atoms with Gasteiger partial charge in [-0.15, -0.1) is 11.3 Å². The second-order valence-corrected chi connectivity index (χ2v) is 6.58. The SMILES string of the molecule is Cc1csc(C(=O)NCC2(n3cc(Br)cn3)CC2)n1. The molecule has 1 aliphatic rings. The van der Waals surface area contributed by atoms with Gasteiger partial charge in [0.1, 0.15) is 0 Å². The molecule has 0 saturated heterocycles. The van der Waals surface area contributed by atoms with Crippen LogP contribution in [0.15, 0.2) is 22.2 Å². The lowest BCUT2D eigenvalue weighted by molar-refractivity contribution is 0.0944. The van der Waals surface area contributed by atoms with Gasteiger partial charge in [0.05, 0.1) is 16.2 Å². The van der Waals surface area contributed by atoms with Crippen molar-refractivity contribution < 1.29 is 4.79 Å². The highest BCUT2D eigenvalue weighted by Gasteiger charge is 2.45. The average molecular weight is 341 g/mol. The number of rotatable bonds is 4. The van der Waals surface area contributed by atoms with Gasteiger partial charge < -0.3 is 5.32 Å². The van der Waals surface area contributed by atoms with E-state index in [-0.39, 0.29) is 11.4 Å². The van der Waals surface area contributed by atoms with E-state index < -0.39 is 0 Å². The zero-order valence-electron chi connectivity index (χ0n) is 10.4. The Hall–Kier alpha value is -1.21. The first kappa shape index (κ1) is 12.8. The number of carbonyl (C=O) groups excluding carboxylic acids is 1. The van der Waals surface area contributed by atoms with Crippen LogP contribution in [0.3, 0.4) is 0 Å². The summed E-state index contributed by atoms with van der Waals surface area (Å²) in [5, 5.41) is 9.67. The highest BCUT2D eigenvalue weighted by molar-refractivity contribution is 9.10. The van der Waals surface area contributed by atoms with E-state index >= 15 is 0 Å². The molecule has 2 heterocycles. The number of amides is 1. The number of nitrogens with zero attached hydrogens (tertiary/aromatic N) is 3. The minimum atomic E-state index is -0.101. The Morgan fingerprint density at radius 3 is 2.95 bits per heavy atom. The molecule has 1 fully saturated rings. The summed E-state index contributed by atoms with van der Waals surface area (Å²) < 4.78 is 2.89. The van der Waals surface area contributed by atoms with Gasteiger partial charge in [-0.1, -0.05) is 0 Å². The number of aromatic nitrogens is 3. The molecule has 19 heavy (non-hydrogen) atoms. The third-order valence-corrected chi connectivity index (χ3v) is 4.62. The maximum absolute atomic E-state index is 12.0. The first-order chi connectivity index (χ1) is 9.09. The van der Waals surface area contributed by atoms with Crippen LogP contribution in [0.25, 0.3) is 0 Å². The van der Waals surface area contributed by atoms with Gasteiger partial charge in [0.25, 0.3) is 5.91 Å². The summed E-state index contributed by atoms with van der Waals surface area (Å²) in [7, 11) is 0. The number of aryl methyl sites for hydroxylation is 1. The van der Waals surface area contributed by atoms with Gasteiger partial charge in [0.15, 0.2) is 5.01 Å².